The van der Waals surface area contributed by atoms with Gasteiger partial charge in [-0.25, -0.2) is 0 Å². The first-order valence-electron chi connectivity index (χ1n) is 6.01. The Morgan fingerprint density at radius 2 is 1.86 bits per heavy atom. The van der Waals surface area contributed by atoms with Crippen molar-refractivity contribution < 1.29 is 22.6 Å². The summed E-state index contributed by atoms with van der Waals surface area (Å²) in [5.74, 6) is -0.285. The first kappa shape index (κ1) is 15.2. The van der Waals surface area contributed by atoms with Crippen LogP contribution in [0.5, 0.6) is 5.75 Å². The van der Waals surface area contributed by atoms with Crippen molar-refractivity contribution >= 4 is 0 Å². The smallest absolute Gasteiger partial charge is 0.406 e. The Balaban J connectivity index is 2.15. The minimum absolute atomic E-state index is 0.271. The van der Waals surface area contributed by atoms with E-state index in [1.54, 1.807) is 0 Å². The van der Waals surface area contributed by atoms with Crippen molar-refractivity contribution in [3.05, 3.63) is 36.2 Å². The fraction of sp³-hybridized carbons (Fsp3) is 0.417. The summed E-state index contributed by atoms with van der Waals surface area (Å²) in [6.45, 7) is 1.82. The predicted octanol–water partition coefficient (Wildman–Crippen LogP) is 2.52. The lowest BCUT2D eigenvalue weighted by atomic mass is 10.0. The lowest BCUT2D eigenvalue weighted by Gasteiger charge is -2.22. The second-order valence-corrected chi connectivity index (χ2v) is 4.27. The molecule has 0 saturated carbocycles. The van der Waals surface area contributed by atoms with Gasteiger partial charge in [0.15, 0.2) is 6.33 Å². The number of rotatable bonds is 5. The van der Waals surface area contributed by atoms with Gasteiger partial charge in [0, 0.05) is 7.11 Å². The van der Waals surface area contributed by atoms with Crippen molar-refractivity contribution in [1.29, 1.82) is 0 Å². The van der Waals surface area contributed by atoms with Gasteiger partial charge < -0.3 is 9.47 Å². The van der Waals surface area contributed by atoms with Crippen LogP contribution in [0.1, 0.15) is 24.6 Å². The Kier molecular flexibility index (Phi) is 4.41. The van der Waals surface area contributed by atoms with Crippen molar-refractivity contribution in [1.82, 2.24) is 20.2 Å². The number of hydrogen-bond donors (Lipinski definition) is 0. The van der Waals surface area contributed by atoms with E-state index in [9.17, 15) is 13.2 Å². The number of hydrogen-bond acceptors (Lipinski definition) is 5. The Morgan fingerprint density at radius 1 is 1.19 bits per heavy atom. The topological polar surface area (TPSA) is 62.1 Å². The molecule has 0 N–H and O–H groups in total. The molecule has 2 atom stereocenters. The molecule has 0 fully saturated rings. The molecule has 0 aliphatic rings. The van der Waals surface area contributed by atoms with Gasteiger partial charge in [-0.15, -0.1) is 23.4 Å². The summed E-state index contributed by atoms with van der Waals surface area (Å²) in [4.78, 5) is 1.37. The maximum Gasteiger partial charge on any atom is 0.573 e. The molecule has 0 radical (unpaired) electrons. The quantitative estimate of drug-likeness (QED) is 0.849. The Morgan fingerprint density at radius 3 is 2.33 bits per heavy atom. The van der Waals surface area contributed by atoms with Crippen molar-refractivity contribution in [3.8, 4) is 5.75 Å². The van der Waals surface area contributed by atoms with E-state index in [1.165, 1.54) is 42.5 Å². The molecular formula is C12H13F3N4O2. The highest BCUT2D eigenvalue weighted by atomic mass is 19.4. The van der Waals surface area contributed by atoms with E-state index in [2.05, 4.69) is 20.1 Å². The summed E-state index contributed by atoms with van der Waals surface area (Å²) in [6.07, 6.45) is -3.84. The number of aromatic nitrogens is 4. The van der Waals surface area contributed by atoms with Gasteiger partial charge in [-0.2, -0.15) is 4.80 Å². The van der Waals surface area contributed by atoms with Gasteiger partial charge in [0.1, 0.15) is 17.9 Å². The molecule has 2 rings (SSSR count). The number of halogens is 3. The third-order valence-electron chi connectivity index (χ3n) is 2.86. The zero-order valence-electron chi connectivity index (χ0n) is 11.3. The molecule has 0 spiro atoms. The Bertz CT molecular complexity index is 557. The molecule has 1 heterocycles. The van der Waals surface area contributed by atoms with Gasteiger partial charge in [0.2, 0.25) is 0 Å². The lowest BCUT2D eigenvalue weighted by Crippen LogP contribution is -2.19. The maximum absolute atomic E-state index is 12.1. The van der Waals surface area contributed by atoms with Crippen molar-refractivity contribution in [2.24, 2.45) is 0 Å². The van der Waals surface area contributed by atoms with Crippen LogP contribution < -0.4 is 4.74 Å². The van der Waals surface area contributed by atoms with Crippen LogP contribution in [0.25, 0.3) is 0 Å². The van der Waals surface area contributed by atoms with Crippen LogP contribution in [0.3, 0.4) is 0 Å². The maximum atomic E-state index is 12.1. The number of tetrazole rings is 1. The van der Waals surface area contributed by atoms with Gasteiger partial charge >= 0.3 is 6.36 Å². The van der Waals surface area contributed by atoms with E-state index in [1.807, 2.05) is 6.92 Å². The largest absolute Gasteiger partial charge is 0.573 e. The molecule has 0 aliphatic carbocycles. The third kappa shape index (κ3) is 3.91. The molecule has 0 bridgehead atoms. The number of alkyl halides is 3. The van der Waals surface area contributed by atoms with Crippen molar-refractivity contribution in [3.63, 3.8) is 0 Å². The standard InChI is InChI=1S/C12H13F3N4O2/c1-8(19-17-7-16-18-19)11(20-2)9-3-5-10(6-4-9)21-12(13,14)15/h3-8,11H,1-2H3. The van der Waals surface area contributed by atoms with Crippen LogP contribution in [0, 0.1) is 0 Å². The fourth-order valence-corrected chi connectivity index (χ4v) is 1.95. The summed E-state index contributed by atoms with van der Waals surface area (Å²) in [7, 11) is 1.50. The van der Waals surface area contributed by atoms with Gasteiger partial charge in [0.05, 0.1) is 0 Å². The lowest BCUT2D eigenvalue weighted by molar-refractivity contribution is -0.274. The van der Waals surface area contributed by atoms with Crippen LogP contribution in [0.2, 0.25) is 0 Å². The highest BCUT2D eigenvalue weighted by Gasteiger charge is 2.31. The van der Waals surface area contributed by atoms with Crippen LogP contribution in [-0.4, -0.2) is 33.7 Å². The molecule has 9 heteroatoms. The summed E-state index contributed by atoms with van der Waals surface area (Å²) in [6, 6.07) is 5.20. The van der Waals surface area contributed by atoms with Crippen LogP contribution in [-0.2, 0) is 4.74 Å². The van der Waals surface area contributed by atoms with Crippen molar-refractivity contribution in [2.45, 2.75) is 25.4 Å². The second kappa shape index (κ2) is 6.08. The van der Waals surface area contributed by atoms with E-state index in [4.69, 9.17) is 4.74 Å². The molecule has 6 nitrogen and oxygen atoms in total. The van der Waals surface area contributed by atoms with Gasteiger partial charge in [-0.1, -0.05) is 12.1 Å². The molecule has 21 heavy (non-hydrogen) atoms. The average Bonchev–Trinajstić information content (AvgIpc) is 2.93. The molecule has 0 amide bonds. The molecular weight excluding hydrogens is 289 g/mol. The summed E-state index contributed by atoms with van der Waals surface area (Å²) < 4.78 is 45.5. The van der Waals surface area contributed by atoms with E-state index in [0.29, 0.717) is 5.56 Å². The third-order valence-corrected chi connectivity index (χ3v) is 2.86. The minimum atomic E-state index is -4.71. The summed E-state index contributed by atoms with van der Waals surface area (Å²) in [5.41, 5.74) is 0.678. The molecule has 2 unspecified atom stereocenters. The number of ether oxygens (including phenoxy) is 2. The molecule has 0 aliphatic heterocycles. The fourth-order valence-electron chi connectivity index (χ4n) is 1.95. The van der Waals surface area contributed by atoms with Crippen molar-refractivity contribution in [2.75, 3.05) is 7.11 Å². The summed E-state index contributed by atoms with van der Waals surface area (Å²) >= 11 is 0. The van der Waals surface area contributed by atoms with Crippen LogP contribution in [0.4, 0.5) is 13.2 Å². The molecule has 2 aromatic rings. The molecule has 0 saturated heterocycles. The van der Waals surface area contributed by atoms with E-state index in [-0.39, 0.29) is 11.8 Å². The van der Waals surface area contributed by atoms with Gasteiger partial charge in [-0.05, 0) is 29.8 Å². The minimum Gasteiger partial charge on any atom is -0.406 e. The Labute approximate surface area is 118 Å². The van der Waals surface area contributed by atoms with Gasteiger partial charge in [-0.3, -0.25) is 0 Å². The zero-order chi connectivity index (χ0) is 15.5. The Hall–Kier alpha value is -2.16. The second-order valence-electron chi connectivity index (χ2n) is 4.27. The first-order chi connectivity index (χ1) is 9.90. The average molecular weight is 302 g/mol. The first-order valence-corrected chi connectivity index (χ1v) is 6.01. The van der Waals surface area contributed by atoms with Crippen LogP contribution in [0.15, 0.2) is 30.6 Å². The van der Waals surface area contributed by atoms with E-state index >= 15 is 0 Å². The molecule has 114 valence electrons. The molecule has 1 aromatic carbocycles. The molecule has 1 aromatic heterocycles. The number of nitrogens with zero attached hydrogens (tertiary/aromatic N) is 4. The zero-order valence-corrected chi connectivity index (χ0v) is 11.3. The van der Waals surface area contributed by atoms with E-state index < -0.39 is 12.5 Å². The number of benzene rings is 1. The monoisotopic (exact) mass is 302 g/mol. The predicted molar refractivity (Wildman–Crippen MR) is 65.4 cm³/mol. The van der Waals surface area contributed by atoms with Crippen LogP contribution >= 0.6 is 0 Å². The number of methoxy groups -OCH3 is 1. The summed E-state index contributed by atoms with van der Waals surface area (Å²) in [5, 5.41) is 11.3. The van der Waals surface area contributed by atoms with Gasteiger partial charge in [0.25, 0.3) is 0 Å². The SMILES string of the molecule is COC(c1ccc(OC(F)(F)F)cc1)C(C)n1ncnn1. The highest BCUT2D eigenvalue weighted by molar-refractivity contribution is 5.29. The normalized spacial score (nSPS) is 14.7. The van der Waals surface area contributed by atoms with E-state index in [0.717, 1.165) is 0 Å². The highest BCUT2D eigenvalue weighted by Crippen LogP contribution is 2.30.